The molecule has 0 spiro atoms. The van der Waals surface area contributed by atoms with Crippen molar-refractivity contribution in [3.05, 3.63) is 104 Å². The number of halogens is 2. The highest BCUT2D eigenvalue weighted by Crippen LogP contribution is 2.27. The van der Waals surface area contributed by atoms with Gasteiger partial charge in [-0.2, -0.15) is 4.98 Å². The van der Waals surface area contributed by atoms with Gasteiger partial charge < -0.3 is 18.9 Å². The molecule has 1 saturated heterocycles. The van der Waals surface area contributed by atoms with Gasteiger partial charge in [-0.05, 0) is 35.4 Å². The topological polar surface area (TPSA) is 95.0 Å². The lowest BCUT2D eigenvalue weighted by Crippen LogP contribution is -2.36. The maximum Gasteiger partial charge on any atom is 0.301 e. The molecule has 0 aliphatic carbocycles. The molecule has 39 heavy (non-hydrogen) atoms. The largest absolute Gasteiger partial charge is 0.481 e. The van der Waals surface area contributed by atoms with Crippen molar-refractivity contribution < 1.29 is 14.0 Å². The second-order valence-corrected chi connectivity index (χ2v) is 9.84. The number of anilines is 1. The van der Waals surface area contributed by atoms with E-state index in [2.05, 4.69) is 15.0 Å². The lowest BCUT2D eigenvalue weighted by Gasteiger charge is -2.28. The Morgan fingerprint density at radius 3 is 2.54 bits per heavy atom. The van der Waals surface area contributed by atoms with Gasteiger partial charge in [0.1, 0.15) is 12.3 Å². The van der Waals surface area contributed by atoms with E-state index in [-0.39, 0.29) is 29.4 Å². The van der Waals surface area contributed by atoms with Gasteiger partial charge in [-0.1, -0.05) is 64.8 Å². The molecule has 6 rings (SSSR count). The zero-order valence-corrected chi connectivity index (χ0v) is 22.2. The van der Waals surface area contributed by atoms with Crippen LogP contribution >= 0.6 is 23.2 Å². The quantitative estimate of drug-likeness (QED) is 0.271. The Bertz CT molecular complexity index is 1680. The first kappa shape index (κ1) is 25.4. The first-order valence-electron chi connectivity index (χ1n) is 12.4. The summed E-state index contributed by atoms with van der Waals surface area (Å²) in [5.74, 6) is 0.532. The molecule has 9 nitrogen and oxygen atoms in total. The smallest absolute Gasteiger partial charge is 0.301 e. The zero-order chi connectivity index (χ0) is 26.8. The van der Waals surface area contributed by atoms with Gasteiger partial charge in [0.05, 0.1) is 35.4 Å². The molecular formula is C28H23Cl2N5O4. The highest BCUT2D eigenvalue weighted by Gasteiger charge is 2.22. The standard InChI is InChI=1S/C28H23Cl2N5O4/c29-21-8-6-19(14-22(21)30)15-24-32-27(33-39-24)25-26(38-17-18-4-2-1-3-5-18)28(36)35-16-20(7-9-23(35)31-25)34-10-12-37-13-11-34/h1-9,14,16H,10-13,15,17H2. The molecule has 11 heteroatoms. The molecule has 0 atom stereocenters. The molecule has 2 aromatic carbocycles. The Labute approximate surface area is 233 Å². The van der Waals surface area contributed by atoms with Gasteiger partial charge in [0.2, 0.25) is 17.5 Å². The molecule has 1 fully saturated rings. The van der Waals surface area contributed by atoms with Gasteiger partial charge in [0.15, 0.2) is 5.69 Å². The number of rotatable bonds is 7. The minimum Gasteiger partial charge on any atom is -0.481 e. The Morgan fingerprint density at radius 1 is 0.923 bits per heavy atom. The van der Waals surface area contributed by atoms with Crippen LogP contribution in [0, 0.1) is 0 Å². The monoisotopic (exact) mass is 563 g/mol. The summed E-state index contributed by atoms with van der Waals surface area (Å²) < 4.78 is 18.5. The van der Waals surface area contributed by atoms with Crippen molar-refractivity contribution in [1.29, 1.82) is 0 Å². The second kappa shape index (κ2) is 11.1. The number of nitrogens with zero attached hydrogens (tertiary/aromatic N) is 5. The van der Waals surface area contributed by atoms with Crippen molar-refractivity contribution in [2.45, 2.75) is 13.0 Å². The third-order valence-electron chi connectivity index (χ3n) is 6.39. The molecule has 5 aromatic rings. The van der Waals surface area contributed by atoms with E-state index in [1.165, 1.54) is 4.40 Å². The summed E-state index contributed by atoms with van der Waals surface area (Å²) in [5.41, 5.74) is 2.94. The normalized spacial score (nSPS) is 13.6. The minimum absolute atomic E-state index is 0.0392. The lowest BCUT2D eigenvalue weighted by molar-refractivity contribution is 0.122. The predicted molar refractivity (Wildman–Crippen MR) is 148 cm³/mol. The maximum absolute atomic E-state index is 13.8. The summed E-state index contributed by atoms with van der Waals surface area (Å²) in [6.07, 6.45) is 2.11. The first-order chi connectivity index (χ1) is 19.0. The Kier molecular flexibility index (Phi) is 7.19. The second-order valence-electron chi connectivity index (χ2n) is 9.02. The number of ether oxygens (including phenoxy) is 2. The fourth-order valence-electron chi connectivity index (χ4n) is 4.38. The van der Waals surface area contributed by atoms with Crippen LogP contribution in [0.1, 0.15) is 17.0 Å². The molecule has 198 valence electrons. The molecule has 0 N–H and O–H groups in total. The van der Waals surface area contributed by atoms with Crippen LogP contribution in [0.4, 0.5) is 5.69 Å². The number of fused-ring (bicyclic) bond motifs is 1. The third-order valence-corrected chi connectivity index (χ3v) is 7.13. The number of hydrogen-bond donors (Lipinski definition) is 0. The molecule has 4 heterocycles. The molecule has 0 radical (unpaired) electrons. The highest BCUT2D eigenvalue weighted by atomic mass is 35.5. The third kappa shape index (κ3) is 5.47. The van der Waals surface area contributed by atoms with Crippen molar-refractivity contribution in [1.82, 2.24) is 19.5 Å². The van der Waals surface area contributed by atoms with Crippen molar-refractivity contribution in [2.75, 3.05) is 31.2 Å². The van der Waals surface area contributed by atoms with Gasteiger partial charge in [-0.3, -0.25) is 9.20 Å². The Morgan fingerprint density at radius 2 is 1.74 bits per heavy atom. The van der Waals surface area contributed by atoms with Crippen LogP contribution < -0.4 is 15.2 Å². The fourth-order valence-corrected chi connectivity index (χ4v) is 4.70. The summed E-state index contributed by atoms with van der Waals surface area (Å²) in [7, 11) is 0. The fraction of sp³-hybridized carbons (Fsp3) is 0.214. The van der Waals surface area contributed by atoms with Crippen molar-refractivity contribution in [3.8, 4) is 17.3 Å². The molecule has 0 saturated carbocycles. The molecule has 0 amide bonds. The van der Waals surface area contributed by atoms with E-state index in [1.807, 2.05) is 42.5 Å². The van der Waals surface area contributed by atoms with Crippen LogP contribution in [0.5, 0.6) is 5.75 Å². The highest BCUT2D eigenvalue weighted by molar-refractivity contribution is 6.42. The average molecular weight is 564 g/mol. The SMILES string of the molecule is O=c1c(OCc2ccccc2)c(-c2noc(Cc3ccc(Cl)c(Cl)c3)n2)nc2ccc(N3CCOCC3)cn12. The van der Waals surface area contributed by atoms with E-state index in [0.717, 1.165) is 29.9 Å². The van der Waals surface area contributed by atoms with Gasteiger partial charge in [-0.25, -0.2) is 4.98 Å². The van der Waals surface area contributed by atoms with Gasteiger partial charge in [0, 0.05) is 19.3 Å². The average Bonchev–Trinajstić information content (AvgIpc) is 3.43. The predicted octanol–water partition coefficient (Wildman–Crippen LogP) is 5.06. The van der Waals surface area contributed by atoms with E-state index >= 15 is 0 Å². The van der Waals surface area contributed by atoms with Crippen LogP contribution in [0.3, 0.4) is 0 Å². The molecule has 1 aliphatic heterocycles. The zero-order valence-electron chi connectivity index (χ0n) is 20.7. The summed E-state index contributed by atoms with van der Waals surface area (Å²) in [5, 5.41) is 5.02. The van der Waals surface area contributed by atoms with Gasteiger partial charge in [0.25, 0.3) is 0 Å². The van der Waals surface area contributed by atoms with Crippen LogP contribution in [-0.2, 0) is 17.8 Å². The van der Waals surface area contributed by atoms with Crippen molar-refractivity contribution >= 4 is 34.5 Å². The number of pyridine rings is 1. The molecule has 0 bridgehead atoms. The van der Waals surface area contributed by atoms with Gasteiger partial charge >= 0.3 is 5.56 Å². The maximum atomic E-state index is 13.8. The summed E-state index contributed by atoms with van der Waals surface area (Å²) >= 11 is 12.2. The van der Waals surface area contributed by atoms with Crippen molar-refractivity contribution in [3.63, 3.8) is 0 Å². The van der Waals surface area contributed by atoms with E-state index in [0.29, 0.717) is 41.2 Å². The van der Waals surface area contributed by atoms with Crippen LogP contribution in [0.25, 0.3) is 17.2 Å². The number of hydrogen-bond acceptors (Lipinski definition) is 8. The molecule has 1 aliphatic rings. The Hall–Kier alpha value is -3.92. The minimum atomic E-state index is -0.364. The van der Waals surface area contributed by atoms with Gasteiger partial charge in [-0.15, -0.1) is 0 Å². The Balaban J connectivity index is 1.39. The molecule has 3 aromatic heterocycles. The van der Waals surface area contributed by atoms with E-state index < -0.39 is 0 Å². The molecular weight excluding hydrogens is 541 g/mol. The summed E-state index contributed by atoms with van der Waals surface area (Å²) in [4.78, 5) is 25.2. The van der Waals surface area contributed by atoms with Crippen LogP contribution in [0.2, 0.25) is 10.0 Å². The number of benzene rings is 2. The van der Waals surface area contributed by atoms with E-state index in [4.69, 9.17) is 42.2 Å². The van der Waals surface area contributed by atoms with Crippen molar-refractivity contribution in [2.24, 2.45) is 0 Å². The number of morpholine rings is 1. The van der Waals surface area contributed by atoms with E-state index in [9.17, 15) is 4.79 Å². The van der Waals surface area contributed by atoms with Crippen LogP contribution in [0.15, 0.2) is 76.2 Å². The summed E-state index contributed by atoms with van der Waals surface area (Å²) in [6.45, 7) is 2.94. The first-order valence-corrected chi connectivity index (χ1v) is 13.1. The summed E-state index contributed by atoms with van der Waals surface area (Å²) in [6, 6.07) is 18.6. The lowest BCUT2D eigenvalue weighted by atomic mass is 10.1. The van der Waals surface area contributed by atoms with Crippen LogP contribution in [-0.4, -0.2) is 45.8 Å². The number of aromatic nitrogens is 4. The van der Waals surface area contributed by atoms with E-state index in [1.54, 1.807) is 24.4 Å². The molecule has 0 unspecified atom stereocenters.